The van der Waals surface area contributed by atoms with Crippen LogP contribution in [0, 0.1) is 11.3 Å². The molecule has 0 aromatic heterocycles. The van der Waals surface area contributed by atoms with Gasteiger partial charge >= 0.3 is 5.97 Å². The highest BCUT2D eigenvalue weighted by molar-refractivity contribution is 7.90. The van der Waals surface area contributed by atoms with Crippen LogP contribution in [0.25, 0.3) is 0 Å². The van der Waals surface area contributed by atoms with Crippen LogP contribution in [0.3, 0.4) is 0 Å². The molecule has 4 atom stereocenters. The molecule has 1 aliphatic carbocycles. The van der Waals surface area contributed by atoms with Crippen molar-refractivity contribution in [3.63, 3.8) is 0 Å². The lowest BCUT2D eigenvalue weighted by Crippen LogP contribution is -2.58. The molecule has 1 heterocycles. The molecule has 1 aromatic rings. The number of carboxylic acid groups (broad SMARTS) is 1. The zero-order valence-electron chi connectivity index (χ0n) is 19.1. The zero-order chi connectivity index (χ0) is 23.8. The number of carbonyl (C=O) groups is 2. The van der Waals surface area contributed by atoms with E-state index in [4.69, 9.17) is 11.6 Å². The van der Waals surface area contributed by atoms with Crippen molar-refractivity contribution in [3.05, 3.63) is 34.9 Å². The van der Waals surface area contributed by atoms with Crippen molar-refractivity contribution in [2.75, 3.05) is 13.6 Å². The average Bonchev–Trinajstić information content (AvgIpc) is 3.55. The standard InChI is InChI=1S/C23H33ClN2O5S/c1-5-18(14-25(4)32(30,31)19-10-11-19)26-21(16-6-8-17(24)9-7-16)15(2)12-23(3,22(26)29)13-20(27)28/h6-9,15,18-19,21H,5,10-14H2,1-4H3,(H,27,28)/t15-,18-,21-,23+/m0/s1. The Kier molecular flexibility index (Phi) is 7.27. The number of piperidine rings is 1. The van der Waals surface area contributed by atoms with Crippen molar-refractivity contribution in [1.82, 2.24) is 9.21 Å². The number of aliphatic carboxylic acids is 1. The Bertz CT molecular complexity index is 963. The molecule has 2 aliphatic rings. The number of likely N-dealkylation sites (tertiary alicyclic amines) is 1. The van der Waals surface area contributed by atoms with E-state index < -0.39 is 21.4 Å². The molecule has 1 amide bonds. The first-order valence-corrected chi connectivity index (χ1v) is 13.0. The van der Waals surface area contributed by atoms with Crippen molar-refractivity contribution < 1.29 is 23.1 Å². The highest BCUT2D eigenvalue weighted by atomic mass is 35.5. The Hall–Kier alpha value is -1.64. The summed E-state index contributed by atoms with van der Waals surface area (Å²) in [5.74, 6) is -1.26. The van der Waals surface area contributed by atoms with Gasteiger partial charge in [0.2, 0.25) is 15.9 Å². The second-order valence-corrected chi connectivity index (χ2v) is 12.4. The maximum absolute atomic E-state index is 13.8. The first-order chi connectivity index (χ1) is 14.9. The van der Waals surface area contributed by atoms with Gasteiger partial charge in [-0.3, -0.25) is 9.59 Å². The van der Waals surface area contributed by atoms with Gasteiger partial charge in [0.05, 0.1) is 23.1 Å². The summed E-state index contributed by atoms with van der Waals surface area (Å²) < 4.78 is 26.9. The van der Waals surface area contributed by atoms with Crippen LogP contribution in [0.15, 0.2) is 24.3 Å². The molecule has 0 unspecified atom stereocenters. The molecule has 0 spiro atoms. The van der Waals surface area contributed by atoms with Crippen molar-refractivity contribution in [3.8, 4) is 0 Å². The lowest BCUT2D eigenvalue weighted by atomic mass is 9.69. The fourth-order valence-electron chi connectivity index (χ4n) is 5.08. The Morgan fingerprint density at radius 2 is 1.91 bits per heavy atom. The molecule has 178 valence electrons. The number of benzene rings is 1. The number of sulfonamides is 1. The molecule has 3 rings (SSSR count). The maximum Gasteiger partial charge on any atom is 0.304 e. The minimum absolute atomic E-state index is 0.0161. The van der Waals surface area contributed by atoms with Gasteiger partial charge in [-0.1, -0.05) is 44.5 Å². The predicted molar refractivity (Wildman–Crippen MR) is 124 cm³/mol. The zero-order valence-corrected chi connectivity index (χ0v) is 20.7. The SMILES string of the molecule is CC[C@@H](CN(C)S(=O)(=O)C1CC1)N1C(=O)[C@@](C)(CC(=O)O)C[C@H](C)[C@H]1c1ccc(Cl)cc1. The van der Waals surface area contributed by atoms with Crippen molar-refractivity contribution in [2.45, 2.75) is 70.2 Å². The number of hydrogen-bond acceptors (Lipinski definition) is 4. The summed E-state index contributed by atoms with van der Waals surface area (Å²) in [4.78, 5) is 27.2. The van der Waals surface area contributed by atoms with E-state index >= 15 is 0 Å². The van der Waals surface area contributed by atoms with E-state index in [9.17, 15) is 23.1 Å². The number of carbonyl (C=O) groups excluding carboxylic acids is 1. The smallest absolute Gasteiger partial charge is 0.304 e. The van der Waals surface area contributed by atoms with Gasteiger partial charge in [0.15, 0.2) is 0 Å². The summed E-state index contributed by atoms with van der Waals surface area (Å²) >= 11 is 6.08. The summed E-state index contributed by atoms with van der Waals surface area (Å²) in [6.45, 7) is 5.85. The van der Waals surface area contributed by atoms with E-state index in [0.29, 0.717) is 30.7 Å². The predicted octanol–water partition coefficient (Wildman–Crippen LogP) is 3.93. The first-order valence-electron chi connectivity index (χ1n) is 11.2. The van der Waals surface area contributed by atoms with Gasteiger partial charge in [-0.25, -0.2) is 12.7 Å². The molecular formula is C23H33ClN2O5S. The van der Waals surface area contributed by atoms with E-state index in [1.54, 1.807) is 31.0 Å². The molecule has 1 aliphatic heterocycles. The van der Waals surface area contributed by atoms with E-state index in [1.807, 2.05) is 26.0 Å². The molecule has 32 heavy (non-hydrogen) atoms. The summed E-state index contributed by atoms with van der Waals surface area (Å²) in [6, 6.07) is 6.67. The number of nitrogens with zero attached hydrogens (tertiary/aromatic N) is 2. The van der Waals surface area contributed by atoms with Crippen LogP contribution in [-0.4, -0.2) is 59.5 Å². The van der Waals surface area contributed by atoms with Crippen molar-refractivity contribution in [2.24, 2.45) is 11.3 Å². The molecular weight excluding hydrogens is 452 g/mol. The van der Waals surface area contributed by atoms with Gasteiger partial charge in [0.25, 0.3) is 0 Å². The van der Waals surface area contributed by atoms with Crippen LogP contribution >= 0.6 is 11.6 Å². The first kappa shape index (κ1) is 25.0. The highest BCUT2D eigenvalue weighted by Gasteiger charge is 2.51. The number of rotatable bonds is 9. The lowest BCUT2D eigenvalue weighted by molar-refractivity contribution is -0.162. The quantitative estimate of drug-likeness (QED) is 0.573. The third kappa shape index (κ3) is 4.97. The summed E-state index contributed by atoms with van der Waals surface area (Å²) in [5, 5.41) is 9.74. The van der Waals surface area contributed by atoms with E-state index in [2.05, 4.69) is 0 Å². The number of halogens is 1. The molecule has 0 bridgehead atoms. The van der Waals surface area contributed by atoms with E-state index in [0.717, 1.165) is 5.56 Å². The van der Waals surface area contributed by atoms with Gasteiger partial charge in [0.1, 0.15) is 0 Å². The second-order valence-electron chi connectivity index (χ2n) is 9.61. The Labute approximate surface area is 195 Å². The molecule has 1 N–H and O–H groups in total. The van der Waals surface area contributed by atoms with Crippen LogP contribution in [-0.2, 0) is 19.6 Å². The molecule has 0 radical (unpaired) electrons. The van der Waals surface area contributed by atoms with Gasteiger partial charge < -0.3 is 10.0 Å². The van der Waals surface area contributed by atoms with Crippen LogP contribution in [0.5, 0.6) is 0 Å². The molecule has 7 nitrogen and oxygen atoms in total. The molecule has 1 aromatic carbocycles. The second kappa shape index (κ2) is 9.31. The highest BCUT2D eigenvalue weighted by Crippen LogP contribution is 2.47. The monoisotopic (exact) mass is 484 g/mol. The largest absolute Gasteiger partial charge is 0.481 e. The van der Waals surface area contributed by atoms with Crippen LogP contribution in [0.4, 0.5) is 0 Å². The van der Waals surface area contributed by atoms with Gasteiger partial charge in [-0.15, -0.1) is 0 Å². The summed E-state index contributed by atoms with van der Waals surface area (Å²) in [5.41, 5.74) is -0.131. The van der Waals surface area contributed by atoms with Gasteiger partial charge in [-0.2, -0.15) is 0 Å². The normalized spacial score (nSPS) is 27.6. The third-order valence-electron chi connectivity index (χ3n) is 6.83. The average molecular weight is 485 g/mol. The van der Waals surface area contributed by atoms with Crippen LogP contribution in [0.1, 0.15) is 64.5 Å². The Morgan fingerprint density at radius 1 is 1.31 bits per heavy atom. The molecule has 1 saturated heterocycles. The summed E-state index contributed by atoms with van der Waals surface area (Å²) in [6.07, 6.45) is 2.08. The fourth-order valence-corrected chi connectivity index (χ4v) is 6.83. The van der Waals surface area contributed by atoms with Gasteiger partial charge in [0, 0.05) is 24.7 Å². The maximum atomic E-state index is 13.8. The molecule has 1 saturated carbocycles. The van der Waals surface area contributed by atoms with E-state index in [1.165, 1.54) is 4.31 Å². The van der Waals surface area contributed by atoms with Crippen molar-refractivity contribution >= 4 is 33.5 Å². The number of carboxylic acids is 1. The molecule has 2 fully saturated rings. The van der Waals surface area contributed by atoms with Crippen LogP contribution < -0.4 is 0 Å². The van der Waals surface area contributed by atoms with Gasteiger partial charge in [-0.05, 0) is 49.3 Å². The minimum atomic E-state index is -3.39. The lowest BCUT2D eigenvalue weighted by Gasteiger charge is -2.51. The van der Waals surface area contributed by atoms with Crippen LogP contribution in [0.2, 0.25) is 5.02 Å². The van der Waals surface area contributed by atoms with E-state index in [-0.39, 0.29) is 42.1 Å². The number of hydrogen-bond donors (Lipinski definition) is 1. The van der Waals surface area contributed by atoms with Crippen molar-refractivity contribution in [1.29, 1.82) is 0 Å². The minimum Gasteiger partial charge on any atom is -0.481 e. The summed E-state index contributed by atoms with van der Waals surface area (Å²) in [7, 11) is -1.82. The topological polar surface area (TPSA) is 95.0 Å². The number of likely N-dealkylation sites (N-methyl/N-ethyl adjacent to an activating group) is 1. The molecule has 9 heteroatoms. The third-order valence-corrected chi connectivity index (χ3v) is 9.41. The fraction of sp³-hybridized carbons (Fsp3) is 0.652. The Morgan fingerprint density at radius 3 is 2.41 bits per heavy atom. The number of amides is 1. The Balaban J connectivity index is 2.01.